The molecule has 33 heavy (non-hydrogen) atoms. The number of aliphatic carboxylic acids is 1. The zero-order valence-electron chi connectivity index (χ0n) is 20.3. The summed E-state index contributed by atoms with van der Waals surface area (Å²) >= 11 is 0. The summed E-state index contributed by atoms with van der Waals surface area (Å²) in [6.45, 7) is 2.74. The van der Waals surface area contributed by atoms with Gasteiger partial charge in [0.05, 0.1) is 5.41 Å². The number of carbonyl (C=O) groups excluding carboxylic acids is 1. The molecular formula is C26H43F2O5. The number of halogens is 2. The van der Waals surface area contributed by atoms with Crippen molar-refractivity contribution < 1.29 is 33.0 Å². The number of carboxylic acids is 1. The molecule has 5 nitrogen and oxygen atoms in total. The summed E-state index contributed by atoms with van der Waals surface area (Å²) in [5, 5.41) is 9.44. The van der Waals surface area contributed by atoms with Crippen LogP contribution < -0.4 is 0 Å². The molecule has 0 bridgehead atoms. The molecular weight excluding hydrogens is 430 g/mol. The summed E-state index contributed by atoms with van der Waals surface area (Å²) in [6, 6.07) is 0. The second-order valence-corrected chi connectivity index (χ2v) is 9.85. The Balaban J connectivity index is 1.76. The molecule has 1 saturated heterocycles. The number of rotatable bonds is 17. The molecule has 1 N–H and O–H groups in total. The van der Waals surface area contributed by atoms with Crippen LogP contribution in [0.25, 0.3) is 0 Å². The Morgan fingerprint density at radius 3 is 2.52 bits per heavy atom. The summed E-state index contributed by atoms with van der Waals surface area (Å²) in [6.07, 6.45) is 9.61. The van der Waals surface area contributed by atoms with Crippen molar-refractivity contribution in [3.05, 3.63) is 6.43 Å². The molecule has 2 rings (SSSR count). The highest BCUT2D eigenvalue weighted by molar-refractivity contribution is 5.84. The SMILES string of the molecule is CCCCCCCC[C@@]1([C](F)F)CCC(=O)[C@@H]1CCCCCC(OC1CCCCO1)C(=O)O. The Bertz CT molecular complexity index is 579. The van der Waals surface area contributed by atoms with Crippen molar-refractivity contribution in [1.29, 1.82) is 0 Å². The molecule has 7 heteroatoms. The van der Waals surface area contributed by atoms with Crippen molar-refractivity contribution in [2.45, 2.75) is 128 Å². The number of hydrogen-bond acceptors (Lipinski definition) is 4. The van der Waals surface area contributed by atoms with Crippen LogP contribution in [0, 0.1) is 17.8 Å². The smallest absolute Gasteiger partial charge is 0.332 e. The summed E-state index contributed by atoms with van der Waals surface area (Å²) in [5.41, 5.74) is -1.24. The lowest BCUT2D eigenvalue weighted by Crippen LogP contribution is -2.33. The Kier molecular flexibility index (Phi) is 12.8. The zero-order chi connectivity index (χ0) is 24.1. The van der Waals surface area contributed by atoms with Gasteiger partial charge in [0.1, 0.15) is 5.78 Å². The van der Waals surface area contributed by atoms with E-state index in [1.54, 1.807) is 0 Å². The lowest BCUT2D eigenvalue weighted by atomic mass is 9.72. The zero-order valence-corrected chi connectivity index (χ0v) is 20.3. The van der Waals surface area contributed by atoms with E-state index in [0.29, 0.717) is 51.6 Å². The van der Waals surface area contributed by atoms with Crippen molar-refractivity contribution in [2.24, 2.45) is 11.3 Å². The molecule has 0 aromatic heterocycles. The molecule has 4 atom stereocenters. The van der Waals surface area contributed by atoms with Gasteiger partial charge < -0.3 is 14.6 Å². The minimum atomic E-state index is -1.57. The molecule has 0 aromatic rings. The third-order valence-electron chi connectivity index (χ3n) is 7.41. The predicted octanol–water partition coefficient (Wildman–Crippen LogP) is 7.08. The molecule has 2 fully saturated rings. The van der Waals surface area contributed by atoms with Crippen LogP contribution in [0.3, 0.4) is 0 Å². The summed E-state index contributed by atoms with van der Waals surface area (Å²) in [4.78, 5) is 24.0. The number of unbranched alkanes of at least 4 members (excludes halogenated alkanes) is 7. The Hall–Kier alpha value is -1.08. The van der Waals surface area contributed by atoms with Crippen molar-refractivity contribution in [3.63, 3.8) is 0 Å². The average Bonchev–Trinajstić information content (AvgIpc) is 3.12. The van der Waals surface area contributed by atoms with E-state index in [4.69, 9.17) is 9.47 Å². The van der Waals surface area contributed by atoms with Gasteiger partial charge in [0.15, 0.2) is 12.4 Å². The van der Waals surface area contributed by atoms with E-state index in [0.717, 1.165) is 44.9 Å². The molecule has 0 aromatic carbocycles. The predicted molar refractivity (Wildman–Crippen MR) is 123 cm³/mol. The Labute approximate surface area is 198 Å². The van der Waals surface area contributed by atoms with Gasteiger partial charge >= 0.3 is 12.4 Å². The molecule has 1 aliphatic heterocycles. The highest BCUT2D eigenvalue weighted by Crippen LogP contribution is 2.54. The summed E-state index contributed by atoms with van der Waals surface area (Å²) in [5.74, 6) is -1.63. The number of ketones is 1. The first-order valence-corrected chi connectivity index (χ1v) is 13.1. The van der Waals surface area contributed by atoms with Crippen LogP contribution in [0.4, 0.5) is 8.78 Å². The fourth-order valence-electron chi connectivity index (χ4n) is 5.39. The first kappa shape index (κ1) is 28.2. The van der Waals surface area contributed by atoms with E-state index >= 15 is 0 Å². The van der Waals surface area contributed by atoms with Gasteiger partial charge in [-0.25, -0.2) is 4.79 Å². The molecule has 0 amide bonds. The lowest BCUT2D eigenvalue weighted by molar-refractivity contribution is -0.201. The van der Waals surface area contributed by atoms with E-state index in [9.17, 15) is 23.5 Å². The maximum absolute atomic E-state index is 14.1. The van der Waals surface area contributed by atoms with E-state index in [-0.39, 0.29) is 18.6 Å². The second kappa shape index (κ2) is 15.0. The molecule has 1 radical (unpaired) electrons. The summed E-state index contributed by atoms with van der Waals surface area (Å²) in [7, 11) is 0. The minimum Gasteiger partial charge on any atom is -0.479 e. The van der Waals surface area contributed by atoms with E-state index in [1.165, 1.54) is 6.42 Å². The molecule has 0 spiro atoms. The monoisotopic (exact) mass is 473 g/mol. The van der Waals surface area contributed by atoms with Crippen molar-refractivity contribution >= 4 is 11.8 Å². The third-order valence-corrected chi connectivity index (χ3v) is 7.41. The van der Waals surface area contributed by atoms with Crippen LogP contribution in [0.5, 0.6) is 0 Å². The highest BCUT2D eigenvalue weighted by atomic mass is 19.3. The standard InChI is InChI=1S/C26H43F2O5/c1-2-3-4-5-6-11-17-26(25(27)28)18-16-21(29)20(26)13-8-7-9-14-22(24(30)31)33-23-15-10-12-19-32-23/h20,22-23H,2-19H2,1H3,(H,30,31)/t20-,22?,23?,26+/m0/s1. The van der Waals surface area contributed by atoms with Crippen LogP contribution in [-0.2, 0) is 19.1 Å². The highest BCUT2D eigenvalue weighted by Gasteiger charge is 2.54. The average molecular weight is 474 g/mol. The molecule has 2 unspecified atom stereocenters. The Morgan fingerprint density at radius 1 is 1.12 bits per heavy atom. The molecule has 191 valence electrons. The van der Waals surface area contributed by atoms with Crippen molar-refractivity contribution in [1.82, 2.24) is 0 Å². The van der Waals surface area contributed by atoms with Gasteiger partial charge in [0.2, 0.25) is 0 Å². The van der Waals surface area contributed by atoms with Gasteiger partial charge in [0, 0.05) is 18.9 Å². The quantitative estimate of drug-likeness (QED) is 0.229. The van der Waals surface area contributed by atoms with Crippen molar-refractivity contribution in [3.8, 4) is 0 Å². The first-order valence-electron chi connectivity index (χ1n) is 13.1. The topological polar surface area (TPSA) is 72.8 Å². The van der Waals surface area contributed by atoms with E-state index < -0.39 is 36.1 Å². The van der Waals surface area contributed by atoms with Gasteiger partial charge in [-0.2, -0.15) is 8.78 Å². The number of carboxylic acid groups (broad SMARTS) is 1. The largest absolute Gasteiger partial charge is 0.479 e. The number of hydrogen-bond donors (Lipinski definition) is 1. The third kappa shape index (κ3) is 8.89. The minimum absolute atomic E-state index is 0.0324. The van der Waals surface area contributed by atoms with E-state index in [2.05, 4.69) is 6.92 Å². The van der Waals surface area contributed by atoms with Crippen LogP contribution in [0.15, 0.2) is 0 Å². The van der Waals surface area contributed by atoms with Crippen molar-refractivity contribution in [2.75, 3.05) is 6.61 Å². The van der Waals surface area contributed by atoms with Crippen LogP contribution in [0.1, 0.15) is 116 Å². The van der Waals surface area contributed by atoms with Gasteiger partial charge in [-0.1, -0.05) is 64.7 Å². The molecule has 1 heterocycles. The van der Waals surface area contributed by atoms with Crippen LogP contribution >= 0.6 is 0 Å². The fourth-order valence-corrected chi connectivity index (χ4v) is 5.39. The molecule has 1 saturated carbocycles. The normalized spacial score (nSPS) is 26.7. The maximum Gasteiger partial charge on any atom is 0.332 e. The number of Topliss-reactive ketones (excluding diaryl/α,β-unsaturated/α-hetero) is 1. The molecule has 2 aliphatic rings. The molecule has 1 aliphatic carbocycles. The fraction of sp³-hybridized carbons (Fsp3) is 0.885. The van der Waals surface area contributed by atoms with Crippen LogP contribution in [0.2, 0.25) is 0 Å². The second-order valence-electron chi connectivity index (χ2n) is 9.85. The number of carbonyl (C=O) groups is 2. The number of ether oxygens (including phenoxy) is 2. The van der Waals surface area contributed by atoms with Crippen LogP contribution in [-0.4, -0.2) is 35.9 Å². The summed E-state index contributed by atoms with van der Waals surface area (Å²) < 4.78 is 39.3. The maximum atomic E-state index is 14.1. The lowest BCUT2D eigenvalue weighted by Gasteiger charge is -2.33. The van der Waals surface area contributed by atoms with E-state index in [1.807, 2.05) is 0 Å². The van der Waals surface area contributed by atoms with Gasteiger partial charge in [-0.05, 0) is 44.9 Å². The Morgan fingerprint density at radius 2 is 1.85 bits per heavy atom. The van der Waals surface area contributed by atoms with Gasteiger partial charge in [0.25, 0.3) is 0 Å². The first-order chi connectivity index (χ1) is 15.9. The van der Waals surface area contributed by atoms with Gasteiger partial charge in [-0.3, -0.25) is 4.79 Å². The van der Waals surface area contributed by atoms with Gasteiger partial charge in [-0.15, -0.1) is 0 Å².